The second-order valence-corrected chi connectivity index (χ2v) is 5.86. The van der Waals surface area contributed by atoms with Crippen LogP contribution in [0.15, 0.2) is 35.0 Å². The predicted molar refractivity (Wildman–Crippen MR) is 88.5 cm³/mol. The average molecular weight is 305 g/mol. The maximum absolute atomic E-state index is 6.08. The Balaban J connectivity index is 2.02. The maximum atomic E-state index is 6.08. The zero-order valence-corrected chi connectivity index (χ0v) is 13.5. The Kier molecular flexibility index (Phi) is 6.08. The van der Waals surface area contributed by atoms with E-state index in [4.69, 9.17) is 15.2 Å². The van der Waals surface area contributed by atoms with Crippen molar-refractivity contribution in [2.24, 2.45) is 5.73 Å². The lowest BCUT2D eigenvalue weighted by atomic mass is 10.0. The summed E-state index contributed by atoms with van der Waals surface area (Å²) in [5.41, 5.74) is 8.52. The number of thiophene rings is 1. The zero-order valence-electron chi connectivity index (χ0n) is 12.7. The molecule has 0 saturated heterocycles. The second kappa shape index (κ2) is 8.05. The van der Waals surface area contributed by atoms with E-state index in [1.54, 1.807) is 18.4 Å². The molecule has 0 radical (unpaired) electrons. The molecule has 21 heavy (non-hydrogen) atoms. The first-order chi connectivity index (χ1) is 10.2. The molecule has 0 saturated carbocycles. The molecule has 3 nitrogen and oxygen atoms in total. The third-order valence-electron chi connectivity index (χ3n) is 3.50. The lowest BCUT2D eigenvalue weighted by Gasteiger charge is -2.15. The Hall–Kier alpha value is -1.52. The van der Waals surface area contributed by atoms with Crippen LogP contribution in [0.3, 0.4) is 0 Å². The molecule has 4 heteroatoms. The van der Waals surface area contributed by atoms with Crippen molar-refractivity contribution >= 4 is 11.3 Å². The average Bonchev–Trinajstić information content (AvgIpc) is 3.01. The summed E-state index contributed by atoms with van der Waals surface area (Å²) in [5.74, 6) is 1.76. The summed E-state index contributed by atoms with van der Waals surface area (Å²) >= 11 is 1.72. The van der Waals surface area contributed by atoms with Crippen LogP contribution in [0, 0.1) is 0 Å². The van der Waals surface area contributed by atoms with Gasteiger partial charge in [-0.15, -0.1) is 0 Å². The number of hydrogen-bond acceptors (Lipinski definition) is 4. The van der Waals surface area contributed by atoms with Crippen LogP contribution in [0.5, 0.6) is 11.5 Å². The summed E-state index contributed by atoms with van der Waals surface area (Å²) in [6.45, 7) is 2.78. The van der Waals surface area contributed by atoms with Crippen LogP contribution in [0.25, 0.3) is 0 Å². The first kappa shape index (κ1) is 15.9. The van der Waals surface area contributed by atoms with Crippen molar-refractivity contribution in [1.82, 2.24) is 0 Å². The Morgan fingerprint density at radius 2 is 2.14 bits per heavy atom. The molecule has 2 N–H and O–H groups in total. The number of nitrogens with two attached hydrogens (primary N) is 1. The minimum absolute atomic E-state index is 0.149. The quantitative estimate of drug-likeness (QED) is 0.809. The molecular formula is C17H23NO2S. The van der Waals surface area contributed by atoms with Gasteiger partial charge in [0.2, 0.25) is 0 Å². The van der Waals surface area contributed by atoms with Crippen molar-refractivity contribution in [2.45, 2.75) is 32.2 Å². The summed E-state index contributed by atoms with van der Waals surface area (Å²) in [6, 6.07) is 8.22. The monoisotopic (exact) mass is 305 g/mol. The summed E-state index contributed by atoms with van der Waals surface area (Å²) in [4.78, 5) is 0. The number of hydrogen-bond donors (Lipinski definition) is 1. The number of ether oxygens (including phenoxy) is 2. The van der Waals surface area contributed by atoms with Crippen LogP contribution in [0.4, 0.5) is 0 Å². The van der Waals surface area contributed by atoms with Gasteiger partial charge in [0.1, 0.15) is 11.5 Å². The normalized spacial score (nSPS) is 12.1. The van der Waals surface area contributed by atoms with Gasteiger partial charge in [-0.3, -0.25) is 0 Å². The molecule has 0 amide bonds. The van der Waals surface area contributed by atoms with Crippen LogP contribution in [0.1, 0.15) is 24.5 Å². The summed E-state index contributed by atoms with van der Waals surface area (Å²) < 4.78 is 11.2. The SMILES string of the molecule is CCC(N)Cc1cc(OC)ccc1OCCc1ccsc1. The molecule has 0 aliphatic heterocycles. The van der Waals surface area contributed by atoms with Crippen molar-refractivity contribution < 1.29 is 9.47 Å². The fourth-order valence-electron chi connectivity index (χ4n) is 2.12. The minimum Gasteiger partial charge on any atom is -0.497 e. The number of rotatable bonds is 8. The van der Waals surface area contributed by atoms with Gasteiger partial charge in [0.25, 0.3) is 0 Å². The molecule has 0 aliphatic rings. The molecule has 0 spiro atoms. The van der Waals surface area contributed by atoms with Gasteiger partial charge in [0.05, 0.1) is 13.7 Å². The Morgan fingerprint density at radius 1 is 1.29 bits per heavy atom. The Labute approximate surface area is 130 Å². The van der Waals surface area contributed by atoms with E-state index in [0.29, 0.717) is 6.61 Å². The van der Waals surface area contributed by atoms with Crippen molar-refractivity contribution in [2.75, 3.05) is 13.7 Å². The molecule has 2 rings (SSSR count). The fourth-order valence-corrected chi connectivity index (χ4v) is 2.83. The molecule has 0 bridgehead atoms. The smallest absolute Gasteiger partial charge is 0.122 e. The van der Waals surface area contributed by atoms with Crippen LogP contribution >= 0.6 is 11.3 Å². The maximum Gasteiger partial charge on any atom is 0.122 e. The largest absolute Gasteiger partial charge is 0.497 e. The standard InChI is InChI=1S/C17H23NO2S/c1-3-15(18)10-14-11-16(19-2)4-5-17(14)20-8-6-13-7-9-21-12-13/h4-5,7,9,11-12,15H,3,6,8,10,18H2,1-2H3. The molecule has 2 aromatic rings. The molecule has 1 unspecified atom stereocenters. The summed E-state index contributed by atoms with van der Waals surface area (Å²) in [5, 5.41) is 4.25. The van der Waals surface area contributed by atoms with Crippen LogP contribution in [-0.2, 0) is 12.8 Å². The first-order valence-electron chi connectivity index (χ1n) is 7.29. The lowest BCUT2D eigenvalue weighted by Crippen LogP contribution is -2.21. The summed E-state index contributed by atoms with van der Waals surface area (Å²) in [7, 11) is 1.68. The number of benzene rings is 1. The molecule has 1 heterocycles. The van der Waals surface area contributed by atoms with E-state index in [2.05, 4.69) is 23.8 Å². The van der Waals surface area contributed by atoms with Gasteiger partial charge in [-0.1, -0.05) is 6.92 Å². The minimum atomic E-state index is 0.149. The van der Waals surface area contributed by atoms with E-state index >= 15 is 0 Å². The molecule has 0 aliphatic carbocycles. The topological polar surface area (TPSA) is 44.5 Å². The molecular weight excluding hydrogens is 282 g/mol. The van der Waals surface area contributed by atoms with Gasteiger partial charge in [-0.05, 0) is 59.0 Å². The van der Waals surface area contributed by atoms with Gasteiger partial charge in [0.15, 0.2) is 0 Å². The van der Waals surface area contributed by atoms with Gasteiger partial charge in [0, 0.05) is 12.5 Å². The van der Waals surface area contributed by atoms with Crippen molar-refractivity contribution in [3.05, 3.63) is 46.2 Å². The third-order valence-corrected chi connectivity index (χ3v) is 4.23. The number of methoxy groups -OCH3 is 1. The van der Waals surface area contributed by atoms with Crippen LogP contribution < -0.4 is 15.2 Å². The predicted octanol–water partition coefficient (Wildman–Crippen LogP) is 3.66. The van der Waals surface area contributed by atoms with E-state index in [-0.39, 0.29) is 6.04 Å². The first-order valence-corrected chi connectivity index (χ1v) is 8.23. The van der Waals surface area contributed by atoms with E-state index < -0.39 is 0 Å². The van der Waals surface area contributed by atoms with Gasteiger partial charge in [-0.2, -0.15) is 11.3 Å². The van der Waals surface area contributed by atoms with Crippen molar-refractivity contribution in [1.29, 1.82) is 0 Å². The molecule has 114 valence electrons. The molecule has 1 aromatic carbocycles. The van der Waals surface area contributed by atoms with Crippen molar-refractivity contribution in [3.63, 3.8) is 0 Å². The summed E-state index contributed by atoms with van der Waals surface area (Å²) in [6.07, 6.45) is 2.68. The Bertz CT molecular complexity index is 540. The van der Waals surface area contributed by atoms with E-state index in [0.717, 1.165) is 36.3 Å². The molecule has 1 aromatic heterocycles. The highest BCUT2D eigenvalue weighted by Gasteiger charge is 2.10. The second-order valence-electron chi connectivity index (χ2n) is 5.08. The highest BCUT2D eigenvalue weighted by atomic mass is 32.1. The van der Waals surface area contributed by atoms with E-state index in [1.807, 2.05) is 18.2 Å². The van der Waals surface area contributed by atoms with E-state index in [1.165, 1.54) is 5.56 Å². The van der Waals surface area contributed by atoms with Gasteiger partial charge < -0.3 is 15.2 Å². The van der Waals surface area contributed by atoms with Gasteiger partial charge in [-0.25, -0.2) is 0 Å². The molecule has 0 fully saturated rings. The zero-order chi connectivity index (χ0) is 15.1. The van der Waals surface area contributed by atoms with Crippen molar-refractivity contribution in [3.8, 4) is 11.5 Å². The van der Waals surface area contributed by atoms with Gasteiger partial charge >= 0.3 is 0 Å². The molecule has 1 atom stereocenters. The lowest BCUT2D eigenvalue weighted by molar-refractivity contribution is 0.316. The van der Waals surface area contributed by atoms with E-state index in [9.17, 15) is 0 Å². The fraction of sp³-hybridized carbons (Fsp3) is 0.412. The van der Waals surface area contributed by atoms with Crippen LogP contribution in [0.2, 0.25) is 0 Å². The van der Waals surface area contributed by atoms with Crippen LogP contribution in [-0.4, -0.2) is 19.8 Å². The third kappa shape index (κ3) is 4.76. The highest BCUT2D eigenvalue weighted by Crippen LogP contribution is 2.26. The highest BCUT2D eigenvalue weighted by molar-refractivity contribution is 7.07. The Morgan fingerprint density at radius 3 is 2.81 bits per heavy atom.